The summed E-state index contributed by atoms with van der Waals surface area (Å²) in [5.74, 6) is 1.91. The lowest BCUT2D eigenvalue weighted by Crippen LogP contribution is -2.40. The molecule has 1 saturated heterocycles. The summed E-state index contributed by atoms with van der Waals surface area (Å²) >= 11 is 0. The molecule has 1 aromatic carbocycles. The number of benzene rings is 1. The molecule has 0 aromatic heterocycles. The summed E-state index contributed by atoms with van der Waals surface area (Å²) < 4.78 is 0. The molecule has 4 aliphatic carbocycles. The monoisotopic (exact) mass is 293 g/mol. The summed E-state index contributed by atoms with van der Waals surface area (Å²) in [6, 6.07) is 9.72. The Hall–Kier alpha value is -1.90. The van der Waals surface area contributed by atoms with Crippen LogP contribution in [-0.2, 0) is 9.59 Å². The largest absolute Gasteiger partial charge is 0.275 e. The molecule has 2 bridgehead atoms. The van der Waals surface area contributed by atoms with E-state index in [4.69, 9.17) is 0 Å². The Morgan fingerprint density at radius 1 is 0.955 bits per heavy atom. The topological polar surface area (TPSA) is 37.4 Å². The van der Waals surface area contributed by atoms with Crippen LogP contribution in [-0.4, -0.2) is 16.7 Å². The minimum absolute atomic E-state index is 0.0658. The number of carbonyl (C=O) groups excluding carboxylic acids is 2. The number of carbonyl (C=O) groups is 2. The van der Waals surface area contributed by atoms with Crippen LogP contribution in [0.1, 0.15) is 24.9 Å². The minimum atomic E-state index is -0.164. The molecule has 1 heterocycles. The molecule has 22 heavy (non-hydrogen) atoms. The van der Waals surface area contributed by atoms with Gasteiger partial charge in [-0.25, -0.2) is 0 Å². The predicted octanol–water partition coefficient (Wildman–Crippen LogP) is 2.80. The number of hydrogen-bond donors (Lipinski definition) is 0. The van der Waals surface area contributed by atoms with Crippen LogP contribution in [0.15, 0.2) is 42.5 Å². The molecule has 1 aromatic rings. The fourth-order valence-corrected chi connectivity index (χ4v) is 5.24. The zero-order valence-corrected chi connectivity index (χ0v) is 12.6. The Morgan fingerprint density at radius 2 is 1.50 bits per heavy atom. The highest BCUT2D eigenvalue weighted by Crippen LogP contribution is 2.65. The van der Waals surface area contributed by atoms with Crippen molar-refractivity contribution in [1.82, 2.24) is 4.90 Å². The van der Waals surface area contributed by atoms with Crippen LogP contribution in [0.4, 0.5) is 0 Å². The molecule has 3 heteroatoms. The van der Waals surface area contributed by atoms with Crippen LogP contribution < -0.4 is 0 Å². The molecule has 2 amide bonds. The zero-order chi connectivity index (χ0) is 15.0. The van der Waals surface area contributed by atoms with Crippen LogP contribution >= 0.6 is 0 Å². The van der Waals surface area contributed by atoms with Gasteiger partial charge in [-0.1, -0.05) is 42.5 Å². The molecule has 3 fully saturated rings. The van der Waals surface area contributed by atoms with Crippen molar-refractivity contribution in [3.8, 4) is 0 Å². The van der Waals surface area contributed by atoms with E-state index in [2.05, 4.69) is 12.2 Å². The van der Waals surface area contributed by atoms with Crippen LogP contribution in [0.2, 0.25) is 0 Å². The lowest BCUT2D eigenvalue weighted by atomic mass is 9.63. The van der Waals surface area contributed by atoms with Crippen LogP contribution in [0.5, 0.6) is 0 Å². The van der Waals surface area contributed by atoms with Crippen LogP contribution in [0, 0.1) is 35.5 Å². The third kappa shape index (κ3) is 1.42. The van der Waals surface area contributed by atoms with Gasteiger partial charge >= 0.3 is 0 Å². The first-order valence-electron chi connectivity index (χ1n) is 8.28. The molecule has 3 nitrogen and oxygen atoms in total. The van der Waals surface area contributed by atoms with Crippen molar-refractivity contribution in [2.75, 3.05) is 0 Å². The number of nitrogens with zero attached hydrogens (tertiary/aromatic N) is 1. The average molecular weight is 293 g/mol. The molecule has 5 aliphatic rings. The summed E-state index contributed by atoms with van der Waals surface area (Å²) in [7, 11) is 0. The number of likely N-dealkylation sites (tertiary alicyclic amines) is 1. The molecule has 7 atom stereocenters. The fraction of sp³-hybridized carbons (Fsp3) is 0.474. The predicted molar refractivity (Wildman–Crippen MR) is 81.4 cm³/mol. The maximum atomic E-state index is 13.0. The number of amides is 2. The van der Waals surface area contributed by atoms with Crippen molar-refractivity contribution >= 4 is 11.8 Å². The number of allylic oxidation sites excluding steroid dienone is 2. The van der Waals surface area contributed by atoms with E-state index in [-0.39, 0.29) is 29.7 Å². The SMILES string of the molecule is C[C@H](c1ccccc1)N1C(=O)[C@@H]2[C@H]3C=C[C@@H]([C@@H]4C[C@@H]34)[C@@H]2C1=O. The second-order valence-corrected chi connectivity index (χ2v) is 7.29. The van der Waals surface area contributed by atoms with Gasteiger partial charge in [0.05, 0.1) is 17.9 Å². The first kappa shape index (κ1) is 12.6. The van der Waals surface area contributed by atoms with Gasteiger partial charge in [0, 0.05) is 0 Å². The molecule has 1 aliphatic heterocycles. The number of hydrogen-bond acceptors (Lipinski definition) is 2. The summed E-state index contributed by atoms with van der Waals surface area (Å²) in [5.41, 5.74) is 1.04. The first-order valence-corrected chi connectivity index (χ1v) is 8.28. The number of imide groups is 1. The maximum absolute atomic E-state index is 13.0. The van der Waals surface area contributed by atoms with Crippen molar-refractivity contribution < 1.29 is 9.59 Å². The summed E-state index contributed by atoms with van der Waals surface area (Å²) in [4.78, 5) is 27.5. The van der Waals surface area contributed by atoms with Gasteiger partial charge in [-0.2, -0.15) is 0 Å². The molecule has 0 radical (unpaired) electrons. The van der Waals surface area contributed by atoms with Gasteiger partial charge in [0.25, 0.3) is 0 Å². The van der Waals surface area contributed by atoms with Crippen molar-refractivity contribution in [3.05, 3.63) is 48.0 Å². The normalized spacial score (nSPS) is 42.3. The van der Waals surface area contributed by atoms with Crippen LogP contribution in [0.3, 0.4) is 0 Å². The Labute approximate surface area is 130 Å². The van der Waals surface area contributed by atoms with Crippen molar-refractivity contribution in [2.45, 2.75) is 19.4 Å². The van der Waals surface area contributed by atoms with E-state index < -0.39 is 0 Å². The van der Waals surface area contributed by atoms with Gasteiger partial charge in [0.15, 0.2) is 0 Å². The quantitative estimate of drug-likeness (QED) is 0.621. The molecule has 112 valence electrons. The van der Waals surface area contributed by atoms with E-state index >= 15 is 0 Å². The lowest BCUT2D eigenvalue weighted by Gasteiger charge is -2.37. The van der Waals surface area contributed by atoms with E-state index in [1.165, 1.54) is 6.42 Å². The van der Waals surface area contributed by atoms with Gasteiger partial charge in [0.2, 0.25) is 11.8 Å². The second-order valence-electron chi connectivity index (χ2n) is 7.29. The van der Waals surface area contributed by atoms with Gasteiger partial charge in [-0.05, 0) is 42.6 Å². The van der Waals surface area contributed by atoms with Crippen LogP contribution in [0.25, 0.3) is 0 Å². The molecule has 0 N–H and O–H groups in total. The molecular formula is C19H19NO2. The van der Waals surface area contributed by atoms with Crippen molar-refractivity contribution in [3.63, 3.8) is 0 Å². The lowest BCUT2D eigenvalue weighted by molar-refractivity contribution is -0.142. The first-order chi connectivity index (χ1) is 10.7. The van der Waals surface area contributed by atoms with Gasteiger partial charge in [-0.15, -0.1) is 0 Å². The summed E-state index contributed by atoms with van der Waals surface area (Å²) in [5, 5.41) is 0. The summed E-state index contributed by atoms with van der Waals surface area (Å²) in [6.45, 7) is 1.97. The molecule has 2 saturated carbocycles. The smallest absolute Gasteiger partial charge is 0.234 e. The van der Waals surface area contributed by atoms with E-state index in [1.807, 2.05) is 37.3 Å². The molecule has 0 spiro atoms. The van der Waals surface area contributed by atoms with Gasteiger partial charge in [-0.3, -0.25) is 14.5 Å². The zero-order valence-electron chi connectivity index (χ0n) is 12.6. The van der Waals surface area contributed by atoms with E-state index in [0.29, 0.717) is 23.7 Å². The standard InChI is InChI=1S/C19H19NO2/c1-10(11-5-3-2-4-6-11)20-18(21)16-12-7-8-13(15-9-14(12)15)17(16)19(20)22/h2-8,10,12-17H,9H2,1H3/t10-,12+,13+,14+,15+,16-,17+/m1/s1. The minimum Gasteiger partial charge on any atom is -0.275 e. The van der Waals surface area contributed by atoms with Crippen molar-refractivity contribution in [2.24, 2.45) is 35.5 Å². The molecular weight excluding hydrogens is 274 g/mol. The Balaban J connectivity index is 1.52. The maximum Gasteiger partial charge on any atom is 0.234 e. The Bertz CT molecular complexity index is 659. The van der Waals surface area contributed by atoms with E-state index in [1.54, 1.807) is 4.90 Å². The third-order valence-corrected chi connectivity index (χ3v) is 6.37. The Morgan fingerprint density at radius 3 is 2.05 bits per heavy atom. The van der Waals surface area contributed by atoms with E-state index in [0.717, 1.165) is 5.56 Å². The highest BCUT2D eigenvalue weighted by Gasteiger charge is 2.67. The highest BCUT2D eigenvalue weighted by molar-refractivity contribution is 6.06. The summed E-state index contributed by atoms with van der Waals surface area (Å²) in [6.07, 6.45) is 5.66. The highest BCUT2D eigenvalue weighted by atomic mass is 16.2. The van der Waals surface area contributed by atoms with E-state index in [9.17, 15) is 9.59 Å². The van der Waals surface area contributed by atoms with Gasteiger partial charge < -0.3 is 0 Å². The molecule has 0 unspecified atom stereocenters. The third-order valence-electron chi connectivity index (χ3n) is 6.37. The van der Waals surface area contributed by atoms with Crippen molar-refractivity contribution in [1.29, 1.82) is 0 Å². The van der Waals surface area contributed by atoms with Gasteiger partial charge in [0.1, 0.15) is 0 Å². The average Bonchev–Trinajstić information content (AvgIpc) is 3.32. The second kappa shape index (κ2) is 4.09. The Kier molecular flexibility index (Phi) is 2.35. The number of rotatable bonds is 2. The fourth-order valence-electron chi connectivity index (χ4n) is 5.24. The molecule has 6 rings (SSSR count).